The zero-order valence-electron chi connectivity index (χ0n) is 6.02. The summed E-state index contributed by atoms with van der Waals surface area (Å²) in [7, 11) is -10.8. The maximum atomic E-state index is 8.55. The van der Waals surface area contributed by atoms with Crippen molar-refractivity contribution >= 4 is 15.6 Å². The Morgan fingerprint density at radius 1 is 0.692 bits per heavy atom. The summed E-state index contributed by atoms with van der Waals surface area (Å²) in [5.74, 6) is 0. The fourth-order valence-electron chi connectivity index (χ4n) is 0. The summed E-state index contributed by atoms with van der Waals surface area (Å²) < 4.78 is 17.1. The van der Waals surface area contributed by atoms with Crippen molar-refractivity contribution in [1.29, 1.82) is 0 Å². The van der Waals surface area contributed by atoms with Crippen LogP contribution in [0.4, 0.5) is 4.70 Å². The SMILES string of the molecule is F.O=P([O-])([O-])[O-].O=P([O-])([O-])[O-].[Na+].[V]. The first kappa shape index (κ1) is 29.3. The molecule has 13 heteroatoms. The number of phosphoric acid groups is 2. The van der Waals surface area contributed by atoms with Gasteiger partial charge < -0.3 is 38.5 Å². The number of hydrogen-bond acceptors (Lipinski definition) is 8. The normalized spacial score (nSPS) is 9.08. The van der Waals surface area contributed by atoms with Crippen molar-refractivity contribution in [1.82, 2.24) is 0 Å². The van der Waals surface area contributed by atoms with Crippen LogP contribution in [0.5, 0.6) is 0 Å². The van der Waals surface area contributed by atoms with Gasteiger partial charge in [-0.3, -0.25) is 4.70 Å². The van der Waals surface area contributed by atoms with Crippen LogP contribution in [0, 0.1) is 0 Å². The van der Waals surface area contributed by atoms with E-state index in [0.29, 0.717) is 0 Å². The fourth-order valence-corrected chi connectivity index (χ4v) is 0. The first-order chi connectivity index (χ1) is 4.00. The van der Waals surface area contributed by atoms with Crippen molar-refractivity contribution in [3.63, 3.8) is 0 Å². The Bertz CT molecular complexity index is 134. The zero-order chi connectivity index (χ0) is 9.00. The van der Waals surface area contributed by atoms with Gasteiger partial charge in [0.15, 0.2) is 0 Å². The maximum absolute atomic E-state index is 8.55. The van der Waals surface area contributed by atoms with Gasteiger partial charge in [-0.2, -0.15) is 15.6 Å². The Balaban J connectivity index is -0.0000000267. The van der Waals surface area contributed by atoms with Gasteiger partial charge in [-0.1, -0.05) is 0 Å². The van der Waals surface area contributed by atoms with Gasteiger partial charge >= 0.3 is 29.6 Å². The van der Waals surface area contributed by atoms with Crippen molar-refractivity contribution in [2.75, 3.05) is 0 Å². The van der Waals surface area contributed by atoms with Gasteiger partial charge in [-0.15, -0.1) is 0 Å². The van der Waals surface area contributed by atoms with Crippen molar-refractivity contribution in [2.45, 2.75) is 0 Å². The van der Waals surface area contributed by atoms with E-state index in [1.54, 1.807) is 0 Å². The van der Waals surface area contributed by atoms with E-state index in [-0.39, 0.29) is 52.8 Å². The maximum Gasteiger partial charge on any atom is 1.00 e. The van der Waals surface area contributed by atoms with Crippen molar-refractivity contribution in [3.8, 4) is 0 Å². The average Bonchev–Trinajstić information content (AvgIpc) is 1.12. The summed E-state index contributed by atoms with van der Waals surface area (Å²) in [6.45, 7) is 0. The second-order valence-electron chi connectivity index (χ2n) is 0.894. The van der Waals surface area contributed by atoms with Crippen LogP contribution in [-0.4, -0.2) is 0 Å². The van der Waals surface area contributed by atoms with Crippen molar-refractivity contribution < 1.29 is 91.3 Å². The van der Waals surface area contributed by atoms with Gasteiger partial charge in [0.2, 0.25) is 0 Å². The van der Waals surface area contributed by atoms with Crippen LogP contribution in [0.3, 0.4) is 0 Å². The summed E-state index contributed by atoms with van der Waals surface area (Å²) in [6, 6.07) is 0. The summed E-state index contributed by atoms with van der Waals surface area (Å²) >= 11 is 0. The van der Waals surface area contributed by atoms with Crippen molar-refractivity contribution in [2.24, 2.45) is 0 Å². The molecule has 0 saturated carbocycles. The molecule has 0 aliphatic rings. The second kappa shape index (κ2) is 11.8. The van der Waals surface area contributed by atoms with Crippen molar-refractivity contribution in [3.05, 3.63) is 0 Å². The largest absolute Gasteiger partial charge is 1.00 e. The summed E-state index contributed by atoms with van der Waals surface area (Å²) in [5.41, 5.74) is 0. The molecule has 0 aromatic rings. The first-order valence-corrected chi connectivity index (χ1v) is 4.38. The smallest absolute Gasteiger partial charge is 0.822 e. The summed E-state index contributed by atoms with van der Waals surface area (Å²) in [6.07, 6.45) is 0. The molecule has 0 amide bonds. The van der Waals surface area contributed by atoms with Crippen LogP contribution in [0.1, 0.15) is 0 Å². The molecule has 0 atom stereocenters. The number of halogens is 1. The van der Waals surface area contributed by atoms with Gasteiger partial charge in [0, 0.05) is 18.6 Å². The van der Waals surface area contributed by atoms with E-state index in [1.165, 1.54) is 0 Å². The molecule has 0 saturated heterocycles. The third-order valence-corrected chi connectivity index (χ3v) is 0. The second-order valence-corrected chi connectivity index (χ2v) is 2.68. The quantitative estimate of drug-likeness (QED) is 0.311. The van der Waals surface area contributed by atoms with Crippen LogP contribution < -0.4 is 58.9 Å². The zero-order valence-corrected chi connectivity index (χ0v) is 11.2. The van der Waals surface area contributed by atoms with E-state index in [2.05, 4.69) is 0 Å². The molecule has 0 aromatic heterocycles. The molecular formula is HFNaO8P2V-5. The topological polar surface area (TPSA) is 172 Å². The number of rotatable bonds is 0. The molecule has 0 aromatic carbocycles. The third kappa shape index (κ3) is 629. The molecular weight excluding hydrogens is 283 g/mol. The Morgan fingerprint density at radius 3 is 0.692 bits per heavy atom. The molecule has 0 bridgehead atoms. The minimum atomic E-state index is -5.39. The van der Waals surface area contributed by atoms with E-state index >= 15 is 0 Å². The molecule has 0 rings (SSSR count). The minimum absolute atomic E-state index is 0. The Labute approximate surface area is 106 Å². The Kier molecular flexibility index (Phi) is 26.6. The van der Waals surface area contributed by atoms with E-state index in [0.717, 1.165) is 0 Å². The summed E-state index contributed by atoms with van der Waals surface area (Å²) in [4.78, 5) is 51.3. The van der Waals surface area contributed by atoms with E-state index in [9.17, 15) is 0 Å². The van der Waals surface area contributed by atoms with E-state index < -0.39 is 15.6 Å². The van der Waals surface area contributed by atoms with Gasteiger partial charge in [0.05, 0.1) is 0 Å². The molecule has 0 spiro atoms. The minimum Gasteiger partial charge on any atom is -0.822 e. The molecule has 0 unspecified atom stereocenters. The van der Waals surface area contributed by atoms with Gasteiger partial charge in [0.25, 0.3) is 0 Å². The predicted molar refractivity (Wildman–Crippen MR) is 17.7 cm³/mol. The molecule has 1 radical (unpaired) electrons. The third-order valence-electron chi connectivity index (χ3n) is 0. The monoisotopic (exact) mass is 284 g/mol. The Hall–Kier alpha value is 1.73. The summed E-state index contributed by atoms with van der Waals surface area (Å²) in [5, 5.41) is 0. The fraction of sp³-hybridized carbons (Fsp3) is 0. The molecule has 0 aliphatic heterocycles. The van der Waals surface area contributed by atoms with Gasteiger partial charge in [0.1, 0.15) is 0 Å². The molecule has 77 valence electrons. The molecule has 8 nitrogen and oxygen atoms in total. The molecule has 0 N–H and O–H groups in total. The van der Waals surface area contributed by atoms with Gasteiger partial charge in [-0.05, 0) is 0 Å². The predicted octanol–water partition coefficient (Wildman–Crippen LogP) is -8.50. The molecule has 0 fully saturated rings. The number of hydrogen-bond donors (Lipinski definition) is 0. The van der Waals surface area contributed by atoms with Crippen LogP contribution in [0.25, 0.3) is 0 Å². The van der Waals surface area contributed by atoms with E-state index in [4.69, 9.17) is 38.5 Å². The first-order valence-electron chi connectivity index (χ1n) is 1.46. The van der Waals surface area contributed by atoms with Crippen LogP contribution in [-0.2, 0) is 27.7 Å². The molecule has 13 heavy (non-hydrogen) atoms. The van der Waals surface area contributed by atoms with Crippen LogP contribution in [0.15, 0.2) is 0 Å². The Morgan fingerprint density at radius 2 is 0.692 bits per heavy atom. The molecule has 0 aliphatic carbocycles. The van der Waals surface area contributed by atoms with E-state index in [1.807, 2.05) is 0 Å². The van der Waals surface area contributed by atoms with Gasteiger partial charge in [-0.25, -0.2) is 0 Å². The van der Waals surface area contributed by atoms with Crippen LogP contribution in [0.2, 0.25) is 0 Å². The van der Waals surface area contributed by atoms with Crippen LogP contribution >= 0.6 is 15.6 Å². The molecule has 0 heterocycles. The standard InChI is InChI=1S/FH.Na.2H3O4P.V/c;;2*1-5(2,3)4;/h1H;;2*(H3,1,2,3,4);/q;+1;;;/p-6. The average molecular weight is 284 g/mol.